The van der Waals surface area contributed by atoms with E-state index in [1.54, 1.807) is 13.8 Å². The molecule has 0 spiro atoms. The number of hydrogen-bond acceptors (Lipinski definition) is 3. The van der Waals surface area contributed by atoms with E-state index in [0.29, 0.717) is 5.70 Å². The summed E-state index contributed by atoms with van der Waals surface area (Å²) in [6.45, 7) is 3.35. The van der Waals surface area contributed by atoms with Crippen LogP contribution in [0.2, 0.25) is 5.02 Å². The molecule has 1 aromatic rings. The predicted molar refractivity (Wildman–Crippen MR) is 69.7 cm³/mol. The molecule has 98 valence electrons. The van der Waals surface area contributed by atoms with Crippen molar-refractivity contribution >= 4 is 27.8 Å². The molecule has 0 aromatic heterocycles. The van der Waals surface area contributed by atoms with E-state index in [1.807, 2.05) is 0 Å². The maximum Gasteiger partial charge on any atom is 0.261 e. The van der Waals surface area contributed by atoms with Crippen LogP contribution in [-0.4, -0.2) is 14.6 Å². The van der Waals surface area contributed by atoms with Gasteiger partial charge in [0.2, 0.25) is 0 Å². The molecule has 0 bridgehead atoms. The standard InChI is InChI=1S/C11H12ClFN2O2S/c1-3-14-8(2)7-15-18(16,17)9-4-5-11(13)10(12)6-9/h3-7,15H,1-2H3/b8-7+,14-3?. The lowest BCUT2D eigenvalue weighted by Crippen LogP contribution is -2.18. The third-order valence-corrected chi connectivity index (χ3v) is 3.55. The van der Waals surface area contributed by atoms with Gasteiger partial charge in [0.25, 0.3) is 10.0 Å². The van der Waals surface area contributed by atoms with Crippen LogP contribution in [0.25, 0.3) is 0 Å². The van der Waals surface area contributed by atoms with Crippen LogP contribution < -0.4 is 4.72 Å². The third kappa shape index (κ3) is 3.82. The lowest BCUT2D eigenvalue weighted by molar-refractivity contribution is 0.589. The fraction of sp³-hybridized carbons (Fsp3) is 0.182. The van der Waals surface area contributed by atoms with Crippen LogP contribution in [0.5, 0.6) is 0 Å². The van der Waals surface area contributed by atoms with Gasteiger partial charge in [-0.2, -0.15) is 0 Å². The largest absolute Gasteiger partial charge is 0.285 e. The van der Waals surface area contributed by atoms with Gasteiger partial charge < -0.3 is 0 Å². The quantitative estimate of drug-likeness (QED) is 0.867. The molecule has 0 fully saturated rings. The lowest BCUT2D eigenvalue weighted by Gasteiger charge is -2.05. The summed E-state index contributed by atoms with van der Waals surface area (Å²) >= 11 is 5.53. The second kappa shape index (κ2) is 5.97. The highest BCUT2D eigenvalue weighted by molar-refractivity contribution is 7.89. The van der Waals surface area contributed by atoms with Gasteiger partial charge in [0.05, 0.1) is 15.6 Å². The molecule has 0 aliphatic carbocycles. The Hall–Kier alpha value is -1.40. The van der Waals surface area contributed by atoms with Crippen molar-refractivity contribution in [3.63, 3.8) is 0 Å². The van der Waals surface area contributed by atoms with E-state index in [9.17, 15) is 12.8 Å². The fourth-order valence-electron chi connectivity index (χ4n) is 1.12. The smallest absolute Gasteiger partial charge is 0.261 e. The number of halogens is 2. The summed E-state index contributed by atoms with van der Waals surface area (Å²) in [6, 6.07) is 3.18. The summed E-state index contributed by atoms with van der Waals surface area (Å²) in [4.78, 5) is 3.76. The van der Waals surface area contributed by atoms with E-state index in [0.717, 1.165) is 18.2 Å². The van der Waals surface area contributed by atoms with Crippen molar-refractivity contribution in [3.8, 4) is 0 Å². The van der Waals surface area contributed by atoms with Gasteiger partial charge in [-0.1, -0.05) is 11.6 Å². The minimum atomic E-state index is -3.76. The number of nitrogens with zero attached hydrogens (tertiary/aromatic N) is 1. The minimum absolute atomic E-state index is 0.113. The highest BCUT2D eigenvalue weighted by Crippen LogP contribution is 2.19. The first-order valence-electron chi connectivity index (χ1n) is 4.99. The summed E-state index contributed by atoms with van der Waals surface area (Å²) < 4.78 is 38.8. The maximum absolute atomic E-state index is 12.9. The Labute approximate surface area is 110 Å². The van der Waals surface area contributed by atoms with E-state index >= 15 is 0 Å². The Bertz CT molecular complexity index is 597. The molecule has 0 aliphatic heterocycles. The number of allylic oxidation sites excluding steroid dienone is 1. The predicted octanol–water partition coefficient (Wildman–Crippen LogP) is 2.71. The number of benzene rings is 1. The zero-order valence-corrected chi connectivity index (χ0v) is 11.4. The van der Waals surface area contributed by atoms with Crippen molar-refractivity contribution < 1.29 is 12.8 Å². The SMILES string of the molecule is CC=N/C(C)=C/NS(=O)(=O)c1ccc(F)c(Cl)c1. The first-order valence-corrected chi connectivity index (χ1v) is 6.86. The van der Waals surface area contributed by atoms with Crippen LogP contribution in [0.1, 0.15) is 13.8 Å². The monoisotopic (exact) mass is 290 g/mol. The minimum Gasteiger partial charge on any atom is -0.285 e. The molecule has 0 radical (unpaired) electrons. The molecule has 0 unspecified atom stereocenters. The van der Waals surface area contributed by atoms with Gasteiger partial charge in [-0.15, -0.1) is 0 Å². The normalized spacial score (nSPS) is 13.0. The van der Waals surface area contributed by atoms with E-state index in [4.69, 9.17) is 11.6 Å². The molecule has 4 nitrogen and oxygen atoms in total. The van der Waals surface area contributed by atoms with Crippen LogP contribution in [0.15, 0.2) is 40.0 Å². The first-order chi connectivity index (χ1) is 8.36. The van der Waals surface area contributed by atoms with Gasteiger partial charge in [0.1, 0.15) is 5.82 Å². The van der Waals surface area contributed by atoms with Gasteiger partial charge in [-0.25, -0.2) is 12.8 Å². The van der Waals surface area contributed by atoms with Crippen LogP contribution >= 0.6 is 11.6 Å². The summed E-state index contributed by atoms with van der Waals surface area (Å²) in [5, 5.41) is -0.245. The van der Waals surface area contributed by atoms with E-state index in [1.165, 1.54) is 12.4 Å². The lowest BCUT2D eigenvalue weighted by atomic mass is 10.3. The van der Waals surface area contributed by atoms with Crippen LogP contribution in [-0.2, 0) is 10.0 Å². The molecular formula is C11H12ClFN2O2S. The second-order valence-corrected chi connectivity index (χ2v) is 5.49. The Kier molecular flexibility index (Phi) is 4.86. The second-order valence-electron chi connectivity index (χ2n) is 3.37. The van der Waals surface area contributed by atoms with Crippen LogP contribution in [0.3, 0.4) is 0 Å². The van der Waals surface area contributed by atoms with Gasteiger partial charge in [0, 0.05) is 12.4 Å². The zero-order chi connectivity index (χ0) is 13.8. The molecule has 1 aromatic carbocycles. The van der Waals surface area contributed by atoms with E-state index in [2.05, 4.69) is 9.71 Å². The topological polar surface area (TPSA) is 58.5 Å². The summed E-state index contributed by atoms with van der Waals surface area (Å²) in [7, 11) is -3.76. The molecule has 0 saturated carbocycles. The fourth-order valence-corrected chi connectivity index (χ4v) is 2.34. The highest BCUT2D eigenvalue weighted by atomic mass is 35.5. The molecule has 0 heterocycles. The van der Waals surface area contributed by atoms with Crippen LogP contribution in [0, 0.1) is 5.82 Å². The summed E-state index contributed by atoms with van der Waals surface area (Å²) in [6.07, 6.45) is 2.78. The van der Waals surface area contributed by atoms with Crippen LogP contribution in [0.4, 0.5) is 4.39 Å². The number of sulfonamides is 1. The molecular weight excluding hydrogens is 279 g/mol. The highest BCUT2D eigenvalue weighted by Gasteiger charge is 2.14. The van der Waals surface area contributed by atoms with Gasteiger partial charge in [-0.3, -0.25) is 9.71 Å². The zero-order valence-electron chi connectivity index (χ0n) is 9.81. The van der Waals surface area contributed by atoms with Crippen molar-refractivity contribution in [2.45, 2.75) is 18.7 Å². The Morgan fingerprint density at radius 1 is 1.50 bits per heavy atom. The molecule has 0 saturated heterocycles. The molecule has 0 amide bonds. The Morgan fingerprint density at radius 2 is 2.17 bits per heavy atom. The molecule has 1 N–H and O–H groups in total. The number of rotatable bonds is 4. The van der Waals surface area contributed by atoms with Crippen molar-refractivity contribution in [1.82, 2.24) is 4.72 Å². The Balaban J connectivity index is 3.00. The van der Waals surface area contributed by atoms with Crippen molar-refractivity contribution in [3.05, 3.63) is 40.9 Å². The van der Waals surface area contributed by atoms with E-state index in [-0.39, 0.29) is 9.92 Å². The number of hydrogen-bond donors (Lipinski definition) is 1. The molecule has 0 atom stereocenters. The first kappa shape index (κ1) is 14.7. The molecule has 7 heteroatoms. The van der Waals surface area contributed by atoms with Crippen molar-refractivity contribution in [2.24, 2.45) is 4.99 Å². The Morgan fingerprint density at radius 3 is 2.72 bits per heavy atom. The van der Waals surface area contributed by atoms with Gasteiger partial charge in [-0.05, 0) is 32.0 Å². The summed E-state index contributed by atoms with van der Waals surface area (Å²) in [5.41, 5.74) is 0.495. The van der Waals surface area contributed by atoms with Crippen molar-refractivity contribution in [2.75, 3.05) is 0 Å². The third-order valence-electron chi connectivity index (χ3n) is 1.96. The number of aliphatic imine (C=N–C) groups is 1. The van der Waals surface area contributed by atoms with Gasteiger partial charge in [0.15, 0.2) is 0 Å². The average molecular weight is 291 g/mol. The molecule has 18 heavy (non-hydrogen) atoms. The molecule has 1 rings (SSSR count). The average Bonchev–Trinajstić information content (AvgIpc) is 2.30. The van der Waals surface area contributed by atoms with E-state index < -0.39 is 15.8 Å². The number of nitrogens with one attached hydrogen (secondary N) is 1. The van der Waals surface area contributed by atoms with Crippen molar-refractivity contribution in [1.29, 1.82) is 0 Å². The van der Waals surface area contributed by atoms with Gasteiger partial charge >= 0.3 is 0 Å². The maximum atomic E-state index is 12.9. The summed E-state index contributed by atoms with van der Waals surface area (Å²) in [5.74, 6) is -0.669. The molecule has 0 aliphatic rings.